The highest BCUT2D eigenvalue weighted by molar-refractivity contribution is 7.22. The molecule has 0 aliphatic carbocycles. The van der Waals surface area contributed by atoms with Crippen LogP contribution in [0.1, 0.15) is 23.7 Å². The molecule has 10 heteroatoms. The summed E-state index contributed by atoms with van der Waals surface area (Å²) >= 11 is 1.19. The first-order chi connectivity index (χ1) is 13.7. The van der Waals surface area contributed by atoms with Crippen molar-refractivity contribution in [3.8, 4) is 5.75 Å². The number of ketones is 1. The van der Waals surface area contributed by atoms with Crippen LogP contribution in [0.15, 0.2) is 36.4 Å². The van der Waals surface area contributed by atoms with Gasteiger partial charge in [-0.1, -0.05) is 18.3 Å². The van der Waals surface area contributed by atoms with Crippen molar-refractivity contribution in [2.75, 3.05) is 5.32 Å². The van der Waals surface area contributed by atoms with E-state index in [1.807, 2.05) is 17.7 Å². The molecule has 0 aliphatic rings. The number of carbonyl (C=O) groups is 1. The number of anilines is 2. The van der Waals surface area contributed by atoms with E-state index in [-0.39, 0.29) is 11.5 Å². The Balaban J connectivity index is 1.64. The fourth-order valence-electron chi connectivity index (χ4n) is 2.94. The number of aromatic nitrogens is 3. The maximum Gasteiger partial charge on any atom is 0.573 e. The van der Waals surface area contributed by atoms with Gasteiger partial charge in [0, 0.05) is 25.1 Å². The van der Waals surface area contributed by atoms with Crippen LogP contribution in [0, 0.1) is 0 Å². The molecule has 0 bridgehead atoms. The summed E-state index contributed by atoms with van der Waals surface area (Å²) in [5, 5.41) is 3.57. The standard InChI is InChI=1S/C19H15F3N4O2S/c1-3-15(27)10-4-7-14-13(8-10)23-17(26(14)2)25-18-24-12-6-5-11(9-16(12)29-18)28-19(20,21)22/h4-9H,3H2,1-2H3,(H,23,24,25). The number of Topliss-reactive ketones (excluding diaryl/α,β-unsaturated/α-hetero) is 1. The summed E-state index contributed by atoms with van der Waals surface area (Å²) in [6.07, 6.45) is -4.33. The molecule has 0 fully saturated rings. The third kappa shape index (κ3) is 3.88. The van der Waals surface area contributed by atoms with Gasteiger partial charge in [-0.05, 0) is 30.3 Å². The number of hydrogen-bond acceptors (Lipinski definition) is 6. The van der Waals surface area contributed by atoms with Crippen molar-refractivity contribution < 1.29 is 22.7 Å². The summed E-state index contributed by atoms with van der Waals surface area (Å²) in [4.78, 5) is 20.8. The molecule has 0 amide bonds. The Hall–Kier alpha value is -3.14. The second-order valence-corrected chi connectivity index (χ2v) is 7.33. The van der Waals surface area contributed by atoms with Gasteiger partial charge in [0.05, 0.1) is 21.3 Å². The Morgan fingerprint density at radius 3 is 2.69 bits per heavy atom. The zero-order chi connectivity index (χ0) is 20.8. The first-order valence-corrected chi connectivity index (χ1v) is 9.48. The Kier molecular flexibility index (Phi) is 4.65. The van der Waals surface area contributed by atoms with Gasteiger partial charge in [-0.2, -0.15) is 0 Å². The van der Waals surface area contributed by atoms with E-state index in [0.29, 0.717) is 38.8 Å². The minimum atomic E-state index is -4.75. The van der Waals surface area contributed by atoms with E-state index in [2.05, 4.69) is 20.0 Å². The molecule has 4 aromatic rings. The van der Waals surface area contributed by atoms with Gasteiger partial charge in [-0.25, -0.2) is 9.97 Å². The van der Waals surface area contributed by atoms with Crippen molar-refractivity contribution in [2.24, 2.45) is 7.05 Å². The molecule has 150 valence electrons. The van der Waals surface area contributed by atoms with E-state index in [1.165, 1.54) is 29.5 Å². The Bertz CT molecular complexity index is 1230. The Morgan fingerprint density at radius 2 is 1.97 bits per heavy atom. The van der Waals surface area contributed by atoms with Crippen molar-refractivity contribution in [1.82, 2.24) is 14.5 Å². The van der Waals surface area contributed by atoms with Gasteiger partial charge in [-0.15, -0.1) is 13.2 Å². The highest BCUT2D eigenvalue weighted by atomic mass is 32.1. The molecule has 0 aliphatic heterocycles. The molecule has 1 N–H and O–H groups in total. The van der Waals surface area contributed by atoms with Gasteiger partial charge < -0.3 is 14.6 Å². The van der Waals surface area contributed by atoms with Crippen LogP contribution in [0.3, 0.4) is 0 Å². The number of hydrogen-bond donors (Lipinski definition) is 1. The van der Waals surface area contributed by atoms with Crippen LogP contribution >= 0.6 is 11.3 Å². The number of thiazole rings is 1. The lowest BCUT2D eigenvalue weighted by Gasteiger charge is -2.07. The maximum absolute atomic E-state index is 12.4. The van der Waals surface area contributed by atoms with E-state index in [4.69, 9.17) is 0 Å². The van der Waals surface area contributed by atoms with Gasteiger partial charge in [0.25, 0.3) is 0 Å². The number of aryl methyl sites for hydroxylation is 1. The molecule has 6 nitrogen and oxygen atoms in total. The van der Waals surface area contributed by atoms with Crippen LogP contribution in [0.4, 0.5) is 24.3 Å². The third-order valence-electron chi connectivity index (χ3n) is 4.34. The van der Waals surface area contributed by atoms with Gasteiger partial charge >= 0.3 is 6.36 Å². The zero-order valence-corrected chi connectivity index (χ0v) is 16.2. The van der Waals surface area contributed by atoms with E-state index in [9.17, 15) is 18.0 Å². The zero-order valence-electron chi connectivity index (χ0n) is 15.4. The second kappa shape index (κ2) is 7.03. The van der Waals surface area contributed by atoms with E-state index >= 15 is 0 Å². The lowest BCUT2D eigenvalue weighted by molar-refractivity contribution is -0.274. The molecule has 29 heavy (non-hydrogen) atoms. The first-order valence-electron chi connectivity index (χ1n) is 8.66. The number of rotatable bonds is 5. The predicted octanol–water partition coefficient (Wildman–Crippen LogP) is 5.42. The number of nitrogens with one attached hydrogen (secondary N) is 1. The van der Waals surface area contributed by atoms with E-state index < -0.39 is 6.36 Å². The van der Waals surface area contributed by atoms with Crippen molar-refractivity contribution in [1.29, 1.82) is 0 Å². The summed E-state index contributed by atoms with van der Waals surface area (Å²) in [5.74, 6) is 0.248. The van der Waals surface area contributed by atoms with Crippen LogP contribution in [0.25, 0.3) is 21.3 Å². The topological polar surface area (TPSA) is 69.0 Å². The summed E-state index contributed by atoms with van der Waals surface area (Å²) in [6, 6.07) is 9.32. The van der Waals surface area contributed by atoms with Gasteiger partial charge in [0.15, 0.2) is 10.9 Å². The molecule has 0 saturated carbocycles. The lowest BCUT2D eigenvalue weighted by atomic mass is 10.1. The summed E-state index contributed by atoms with van der Waals surface area (Å²) in [6.45, 7) is 1.80. The van der Waals surface area contributed by atoms with Crippen molar-refractivity contribution in [3.05, 3.63) is 42.0 Å². The largest absolute Gasteiger partial charge is 0.573 e. The van der Waals surface area contributed by atoms with Crippen molar-refractivity contribution >= 4 is 49.4 Å². The maximum atomic E-state index is 12.4. The summed E-state index contributed by atoms with van der Waals surface area (Å²) in [5.41, 5.74) is 2.64. The van der Waals surface area contributed by atoms with Crippen LogP contribution < -0.4 is 10.1 Å². The van der Waals surface area contributed by atoms with Crippen molar-refractivity contribution in [2.45, 2.75) is 19.7 Å². The van der Waals surface area contributed by atoms with Crippen LogP contribution in [-0.4, -0.2) is 26.7 Å². The molecular formula is C19H15F3N4O2S. The molecule has 2 heterocycles. The molecule has 2 aromatic carbocycles. The molecule has 0 atom stereocenters. The van der Waals surface area contributed by atoms with E-state index in [0.717, 1.165) is 5.52 Å². The molecule has 4 rings (SSSR count). The fourth-order valence-corrected chi connectivity index (χ4v) is 3.83. The minimum Gasteiger partial charge on any atom is -0.406 e. The number of imidazole rings is 1. The summed E-state index contributed by atoms with van der Waals surface area (Å²) in [7, 11) is 1.82. The van der Waals surface area contributed by atoms with Gasteiger partial charge in [0.2, 0.25) is 5.95 Å². The second-order valence-electron chi connectivity index (χ2n) is 6.30. The van der Waals surface area contributed by atoms with E-state index in [1.54, 1.807) is 19.1 Å². The number of carbonyl (C=O) groups excluding carboxylic acids is 1. The number of alkyl halides is 3. The van der Waals surface area contributed by atoms with Crippen LogP contribution in [-0.2, 0) is 7.05 Å². The average Bonchev–Trinajstić information content (AvgIpc) is 3.19. The summed E-state index contributed by atoms with van der Waals surface area (Å²) < 4.78 is 43.5. The third-order valence-corrected chi connectivity index (χ3v) is 5.27. The SMILES string of the molecule is CCC(=O)c1ccc2c(c1)nc(Nc1nc3ccc(OC(F)(F)F)cc3s1)n2C. The van der Waals surface area contributed by atoms with Gasteiger partial charge in [-0.3, -0.25) is 4.79 Å². The molecule has 0 spiro atoms. The predicted molar refractivity (Wildman–Crippen MR) is 105 cm³/mol. The Morgan fingerprint density at radius 1 is 1.17 bits per heavy atom. The monoisotopic (exact) mass is 420 g/mol. The molecule has 0 unspecified atom stereocenters. The molecule has 2 aromatic heterocycles. The average molecular weight is 420 g/mol. The number of benzene rings is 2. The number of nitrogens with zero attached hydrogens (tertiary/aromatic N) is 3. The molecule has 0 radical (unpaired) electrons. The van der Waals surface area contributed by atoms with Crippen LogP contribution in [0.5, 0.6) is 5.75 Å². The highest BCUT2D eigenvalue weighted by Gasteiger charge is 2.31. The minimum absolute atomic E-state index is 0.0371. The normalized spacial score (nSPS) is 11.9. The first kappa shape index (κ1) is 19.2. The number of ether oxygens (including phenoxy) is 1. The number of halogens is 3. The molecular weight excluding hydrogens is 405 g/mol. The number of fused-ring (bicyclic) bond motifs is 2. The van der Waals surface area contributed by atoms with Gasteiger partial charge in [0.1, 0.15) is 5.75 Å². The highest BCUT2D eigenvalue weighted by Crippen LogP contribution is 2.33. The van der Waals surface area contributed by atoms with Crippen LogP contribution in [0.2, 0.25) is 0 Å². The Labute approximate surface area is 166 Å². The lowest BCUT2D eigenvalue weighted by Crippen LogP contribution is -2.16. The smallest absolute Gasteiger partial charge is 0.406 e. The quantitative estimate of drug-likeness (QED) is 0.437. The molecule has 0 saturated heterocycles. The fraction of sp³-hybridized carbons (Fsp3) is 0.211. The van der Waals surface area contributed by atoms with Crippen molar-refractivity contribution in [3.63, 3.8) is 0 Å².